The SMILES string of the molecule is COC(=O)NC[C@](C)(C(=O)OC)n1ccnc1. The highest BCUT2D eigenvalue weighted by atomic mass is 16.5. The number of nitrogens with zero attached hydrogens (tertiary/aromatic N) is 2. The summed E-state index contributed by atoms with van der Waals surface area (Å²) < 4.78 is 10.7. The Morgan fingerprint density at radius 2 is 2.12 bits per heavy atom. The van der Waals surface area contributed by atoms with Crippen molar-refractivity contribution in [3.05, 3.63) is 18.7 Å². The van der Waals surface area contributed by atoms with Crippen LogP contribution < -0.4 is 5.32 Å². The third-order valence-corrected chi connectivity index (χ3v) is 2.46. The molecule has 1 N–H and O–H groups in total. The summed E-state index contributed by atoms with van der Waals surface area (Å²) in [5.41, 5.74) is -1.06. The summed E-state index contributed by atoms with van der Waals surface area (Å²) in [6.07, 6.45) is 4.03. The van der Waals surface area contributed by atoms with Gasteiger partial charge in [0.25, 0.3) is 0 Å². The van der Waals surface area contributed by atoms with Crippen LogP contribution in [0.3, 0.4) is 0 Å². The van der Waals surface area contributed by atoms with Crippen LogP contribution in [0.5, 0.6) is 0 Å². The van der Waals surface area contributed by atoms with E-state index in [4.69, 9.17) is 4.74 Å². The van der Waals surface area contributed by atoms with Gasteiger partial charge in [-0.25, -0.2) is 14.6 Å². The molecule has 1 amide bonds. The van der Waals surface area contributed by atoms with E-state index in [1.54, 1.807) is 23.9 Å². The Kier molecular flexibility index (Phi) is 4.08. The number of amides is 1. The minimum absolute atomic E-state index is 0.0444. The van der Waals surface area contributed by atoms with Crippen molar-refractivity contribution in [2.24, 2.45) is 0 Å². The highest BCUT2D eigenvalue weighted by Gasteiger charge is 2.36. The molecule has 1 aromatic rings. The predicted molar refractivity (Wildman–Crippen MR) is 58.3 cm³/mol. The molecule has 17 heavy (non-hydrogen) atoms. The zero-order valence-electron chi connectivity index (χ0n) is 9.97. The lowest BCUT2D eigenvalue weighted by Crippen LogP contribution is -2.48. The van der Waals surface area contributed by atoms with Crippen molar-refractivity contribution in [1.82, 2.24) is 14.9 Å². The summed E-state index contributed by atoms with van der Waals surface area (Å²) in [7, 11) is 2.54. The van der Waals surface area contributed by atoms with Crippen LogP contribution in [0.2, 0.25) is 0 Å². The normalized spacial score (nSPS) is 13.6. The lowest BCUT2D eigenvalue weighted by atomic mass is 10.0. The van der Waals surface area contributed by atoms with Crippen LogP contribution in [0.25, 0.3) is 0 Å². The van der Waals surface area contributed by atoms with Gasteiger partial charge in [0.1, 0.15) is 0 Å². The van der Waals surface area contributed by atoms with Crippen molar-refractivity contribution in [2.45, 2.75) is 12.5 Å². The van der Waals surface area contributed by atoms with Gasteiger partial charge >= 0.3 is 12.1 Å². The summed E-state index contributed by atoms with van der Waals surface area (Å²) in [5.74, 6) is -0.480. The molecule has 0 aliphatic carbocycles. The average Bonchev–Trinajstić information content (AvgIpc) is 2.88. The minimum atomic E-state index is -1.06. The number of alkyl carbamates (subject to hydrolysis) is 1. The number of methoxy groups -OCH3 is 2. The Bertz CT molecular complexity index is 390. The average molecular weight is 241 g/mol. The summed E-state index contributed by atoms with van der Waals surface area (Å²) >= 11 is 0. The second-order valence-corrected chi connectivity index (χ2v) is 3.58. The molecule has 0 saturated heterocycles. The van der Waals surface area contributed by atoms with Gasteiger partial charge < -0.3 is 19.4 Å². The molecular weight excluding hydrogens is 226 g/mol. The molecule has 1 atom stereocenters. The molecule has 94 valence electrons. The first-order chi connectivity index (χ1) is 8.04. The van der Waals surface area contributed by atoms with Crippen molar-refractivity contribution in [2.75, 3.05) is 20.8 Å². The molecule has 7 heteroatoms. The molecule has 0 spiro atoms. The summed E-state index contributed by atoms with van der Waals surface area (Å²) in [6, 6.07) is 0. The molecule has 0 fully saturated rings. The third kappa shape index (κ3) is 2.74. The van der Waals surface area contributed by atoms with Crippen LogP contribution in [0, 0.1) is 0 Å². The van der Waals surface area contributed by atoms with Gasteiger partial charge in [0.05, 0.1) is 27.1 Å². The molecule has 0 unspecified atom stereocenters. The Hall–Kier alpha value is -2.05. The molecule has 0 aliphatic rings. The number of aromatic nitrogens is 2. The fourth-order valence-corrected chi connectivity index (χ4v) is 1.36. The Balaban J connectivity index is 2.87. The maximum atomic E-state index is 11.8. The van der Waals surface area contributed by atoms with E-state index >= 15 is 0 Å². The molecule has 0 radical (unpaired) electrons. The van der Waals surface area contributed by atoms with Crippen LogP contribution >= 0.6 is 0 Å². The van der Waals surface area contributed by atoms with E-state index in [-0.39, 0.29) is 6.54 Å². The number of ether oxygens (including phenoxy) is 2. The van der Waals surface area contributed by atoms with Gasteiger partial charge in [-0.2, -0.15) is 0 Å². The highest BCUT2D eigenvalue weighted by Crippen LogP contribution is 2.16. The largest absolute Gasteiger partial charge is 0.467 e. The van der Waals surface area contributed by atoms with Crippen LogP contribution in [-0.4, -0.2) is 42.4 Å². The standard InChI is InChI=1S/C10H15N3O4/c1-10(8(14)16-2,6-12-9(15)17-3)13-5-4-11-7-13/h4-5,7H,6H2,1-3H3,(H,12,15)/t10-/m1/s1. The van der Waals surface area contributed by atoms with Crippen molar-refractivity contribution >= 4 is 12.1 Å². The molecule has 0 aliphatic heterocycles. The van der Waals surface area contributed by atoms with E-state index in [9.17, 15) is 9.59 Å². The van der Waals surface area contributed by atoms with Gasteiger partial charge in [-0.3, -0.25) is 0 Å². The van der Waals surface area contributed by atoms with Gasteiger partial charge in [-0.15, -0.1) is 0 Å². The van der Waals surface area contributed by atoms with Gasteiger partial charge in [0, 0.05) is 12.4 Å². The van der Waals surface area contributed by atoms with Crippen LogP contribution in [-0.2, 0) is 19.8 Å². The van der Waals surface area contributed by atoms with Crippen LogP contribution in [0.4, 0.5) is 4.79 Å². The number of nitrogens with one attached hydrogen (secondary N) is 1. The highest BCUT2D eigenvalue weighted by molar-refractivity contribution is 5.79. The monoisotopic (exact) mass is 241 g/mol. The zero-order valence-corrected chi connectivity index (χ0v) is 9.97. The topological polar surface area (TPSA) is 82.5 Å². The number of esters is 1. The second kappa shape index (κ2) is 5.33. The summed E-state index contributed by atoms with van der Waals surface area (Å²) in [4.78, 5) is 26.7. The second-order valence-electron chi connectivity index (χ2n) is 3.58. The van der Waals surface area contributed by atoms with Crippen molar-refractivity contribution in [3.63, 3.8) is 0 Å². The third-order valence-electron chi connectivity index (χ3n) is 2.46. The fraction of sp³-hybridized carbons (Fsp3) is 0.500. The van der Waals surface area contributed by atoms with Gasteiger partial charge in [-0.1, -0.05) is 0 Å². The van der Waals surface area contributed by atoms with Gasteiger partial charge in [0.15, 0.2) is 5.54 Å². The maximum Gasteiger partial charge on any atom is 0.406 e. The molecule has 0 bridgehead atoms. The number of carbonyl (C=O) groups is 2. The first-order valence-corrected chi connectivity index (χ1v) is 4.93. The molecule has 1 rings (SSSR count). The quantitative estimate of drug-likeness (QED) is 0.757. The predicted octanol–water partition coefficient (Wildman–Crippen LogP) is 0.127. The first kappa shape index (κ1) is 13.0. The van der Waals surface area contributed by atoms with Gasteiger partial charge in [-0.05, 0) is 6.92 Å². The van der Waals surface area contributed by atoms with Crippen molar-refractivity contribution in [1.29, 1.82) is 0 Å². The van der Waals surface area contributed by atoms with Gasteiger partial charge in [0.2, 0.25) is 0 Å². The lowest BCUT2D eigenvalue weighted by Gasteiger charge is -2.27. The van der Waals surface area contributed by atoms with E-state index in [1.807, 2.05) is 0 Å². The molecule has 1 aromatic heterocycles. The number of imidazole rings is 1. The Morgan fingerprint density at radius 3 is 2.59 bits per heavy atom. The van der Waals surface area contributed by atoms with Crippen molar-refractivity contribution < 1.29 is 19.1 Å². The number of hydrogen-bond acceptors (Lipinski definition) is 5. The van der Waals surface area contributed by atoms with Crippen LogP contribution in [0.1, 0.15) is 6.92 Å². The number of rotatable bonds is 4. The maximum absolute atomic E-state index is 11.8. The Labute approximate surface area is 98.7 Å². The zero-order chi connectivity index (χ0) is 12.9. The van der Waals surface area contributed by atoms with E-state index < -0.39 is 17.6 Å². The van der Waals surface area contributed by atoms with Crippen LogP contribution in [0.15, 0.2) is 18.7 Å². The molecular formula is C10H15N3O4. The number of carbonyl (C=O) groups excluding carboxylic acids is 2. The Morgan fingerprint density at radius 1 is 1.41 bits per heavy atom. The first-order valence-electron chi connectivity index (χ1n) is 4.93. The molecule has 0 aromatic carbocycles. The molecule has 7 nitrogen and oxygen atoms in total. The lowest BCUT2D eigenvalue weighted by molar-refractivity contribution is -0.150. The minimum Gasteiger partial charge on any atom is -0.467 e. The van der Waals surface area contributed by atoms with Crippen molar-refractivity contribution in [3.8, 4) is 0 Å². The number of hydrogen-bond donors (Lipinski definition) is 1. The van der Waals surface area contributed by atoms with E-state index in [0.717, 1.165) is 0 Å². The summed E-state index contributed by atoms with van der Waals surface area (Å²) in [5, 5.41) is 2.47. The van der Waals surface area contributed by atoms with E-state index in [2.05, 4.69) is 15.0 Å². The molecule has 0 saturated carbocycles. The van der Waals surface area contributed by atoms with E-state index in [0.29, 0.717) is 0 Å². The van der Waals surface area contributed by atoms with E-state index in [1.165, 1.54) is 20.5 Å². The summed E-state index contributed by atoms with van der Waals surface area (Å²) in [6.45, 7) is 1.68. The molecule has 1 heterocycles. The smallest absolute Gasteiger partial charge is 0.406 e. The fourth-order valence-electron chi connectivity index (χ4n) is 1.36.